The molecule has 10 heteroatoms. The number of nitrogens with zero attached hydrogens (tertiary/aromatic N) is 2. The summed E-state index contributed by atoms with van der Waals surface area (Å²) in [4.78, 5) is 28.8. The second-order valence-corrected chi connectivity index (χ2v) is 12.5. The van der Waals surface area contributed by atoms with Gasteiger partial charge in [0.05, 0.1) is 17.7 Å². The van der Waals surface area contributed by atoms with Gasteiger partial charge in [0.1, 0.15) is 18.3 Å². The summed E-state index contributed by atoms with van der Waals surface area (Å²) in [7, 11) is -2.54. The lowest BCUT2D eigenvalue weighted by Gasteiger charge is -2.33. The molecule has 0 spiro atoms. The predicted octanol–water partition coefficient (Wildman–Crippen LogP) is 5.29. The molecular formula is C30H36BrN3O5S. The van der Waals surface area contributed by atoms with Gasteiger partial charge >= 0.3 is 0 Å². The number of halogens is 1. The van der Waals surface area contributed by atoms with Crippen LogP contribution >= 0.6 is 15.9 Å². The van der Waals surface area contributed by atoms with Crippen molar-refractivity contribution in [1.29, 1.82) is 0 Å². The lowest BCUT2D eigenvalue weighted by molar-refractivity contribution is -0.140. The number of benzene rings is 3. The summed E-state index contributed by atoms with van der Waals surface area (Å²) in [6, 6.07) is 19.5. The highest BCUT2D eigenvalue weighted by atomic mass is 79.9. The normalized spacial score (nSPS) is 12.1. The van der Waals surface area contributed by atoms with E-state index in [1.54, 1.807) is 55.6 Å². The van der Waals surface area contributed by atoms with Crippen molar-refractivity contribution in [1.82, 2.24) is 10.2 Å². The van der Waals surface area contributed by atoms with Gasteiger partial charge in [-0.1, -0.05) is 52.7 Å². The van der Waals surface area contributed by atoms with Gasteiger partial charge in [0.25, 0.3) is 10.0 Å². The van der Waals surface area contributed by atoms with Gasteiger partial charge in [-0.25, -0.2) is 8.42 Å². The summed E-state index contributed by atoms with van der Waals surface area (Å²) in [5.74, 6) is -0.132. The number of hydrogen-bond acceptors (Lipinski definition) is 5. The highest BCUT2D eigenvalue weighted by Crippen LogP contribution is 2.27. The number of rotatable bonds is 12. The standard InChI is InChI=1S/C30H36BrN3O5S/c1-6-28(30(36)32-21(2)3)33(19-23-9-15-26(39-5)16-10-23)29(35)20-34(25-13-11-24(31)12-14-25)40(37,38)27-17-7-22(4)8-18-27/h7-18,21,28H,6,19-20H2,1-5H3,(H,32,36)/t28-/m0/s1. The molecule has 40 heavy (non-hydrogen) atoms. The van der Waals surface area contributed by atoms with Crippen molar-refractivity contribution in [3.05, 3.63) is 88.4 Å². The van der Waals surface area contributed by atoms with Crippen molar-refractivity contribution < 1.29 is 22.7 Å². The Morgan fingerprint density at radius 3 is 2.08 bits per heavy atom. The monoisotopic (exact) mass is 629 g/mol. The lowest BCUT2D eigenvalue weighted by Crippen LogP contribution is -2.53. The van der Waals surface area contributed by atoms with Crippen molar-refractivity contribution in [2.75, 3.05) is 18.0 Å². The minimum absolute atomic E-state index is 0.0696. The summed E-state index contributed by atoms with van der Waals surface area (Å²) in [5.41, 5.74) is 2.03. The molecule has 0 aliphatic rings. The van der Waals surface area contributed by atoms with Gasteiger partial charge in [0.2, 0.25) is 11.8 Å². The zero-order valence-corrected chi connectivity index (χ0v) is 25.8. The van der Waals surface area contributed by atoms with E-state index in [1.807, 2.05) is 39.8 Å². The van der Waals surface area contributed by atoms with Gasteiger partial charge in [-0.05, 0) is 81.3 Å². The maximum absolute atomic E-state index is 14.0. The lowest BCUT2D eigenvalue weighted by atomic mass is 10.1. The van der Waals surface area contributed by atoms with E-state index in [0.717, 1.165) is 19.9 Å². The molecule has 0 bridgehead atoms. The number of hydrogen-bond donors (Lipinski definition) is 1. The van der Waals surface area contributed by atoms with E-state index in [2.05, 4.69) is 21.2 Å². The number of ether oxygens (including phenoxy) is 1. The van der Waals surface area contributed by atoms with Gasteiger partial charge in [-0.3, -0.25) is 13.9 Å². The molecule has 1 atom stereocenters. The third-order valence-electron chi connectivity index (χ3n) is 6.33. The summed E-state index contributed by atoms with van der Waals surface area (Å²) in [6.45, 7) is 7.03. The minimum Gasteiger partial charge on any atom is -0.497 e. The van der Waals surface area contributed by atoms with Crippen LogP contribution in [0.1, 0.15) is 38.3 Å². The fourth-order valence-electron chi connectivity index (χ4n) is 4.20. The first-order valence-electron chi connectivity index (χ1n) is 13.0. The quantitative estimate of drug-likeness (QED) is 0.294. The zero-order chi connectivity index (χ0) is 29.4. The van der Waals surface area contributed by atoms with Crippen LogP contribution in [-0.4, -0.2) is 50.9 Å². The van der Waals surface area contributed by atoms with Crippen LogP contribution in [0.5, 0.6) is 5.75 Å². The molecule has 0 radical (unpaired) electrons. The summed E-state index contributed by atoms with van der Waals surface area (Å²) in [6.07, 6.45) is 0.351. The van der Waals surface area contributed by atoms with E-state index in [9.17, 15) is 18.0 Å². The Hall–Kier alpha value is -3.37. The highest BCUT2D eigenvalue weighted by Gasteiger charge is 2.33. The van der Waals surface area contributed by atoms with Gasteiger partial charge in [0.15, 0.2) is 0 Å². The Morgan fingerprint density at radius 2 is 1.55 bits per heavy atom. The first kappa shape index (κ1) is 31.2. The molecule has 8 nitrogen and oxygen atoms in total. The Kier molecular flexibility index (Phi) is 10.8. The number of carbonyl (C=O) groups is 2. The molecule has 1 N–H and O–H groups in total. The molecule has 2 amide bonds. The van der Waals surface area contributed by atoms with E-state index in [4.69, 9.17) is 4.74 Å². The maximum Gasteiger partial charge on any atom is 0.264 e. The van der Waals surface area contributed by atoms with Crippen LogP contribution in [0.3, 0.4) is 0 Å². The second kappa shape index (κ2) is 13.8. The van der Waals surface area contributed by atoms with E-state index >= 15 is 0 Å². The Balaban J connectivity index is 2.05. The van der Waals surface area contributed by atoms with Crippen molar-refractivity contribution in [3.8, 4) is 5.75 Å². The van der Waals surface area contributed by atoms with Gasteiger partial charge in [0, 0.05) is 17.1 Å². The number of amides is 2. The molecule has 0 heterocycles. The number of carbonyl (C=O) groups excluding carboxylic acids is 2. The van der Waals surface area contributed by atoms with Crippen molar-refractivity contribution >= 4 is 43.5 Å². The van der Waals surface area contributed by atoms with E-state index in [0.29, 0.717) is 17.9 Å². The van der Waals surface area contributed by atoms with Gasteiger partial charge in [-0.15, -0.1) is 0 Å². The molecule has 0 unspecified atom stereocenters. The van der Waals surface area contributed by atoms with Gasteiger partial charge in [-0.2, -0.15) is 0 Å². The molecule has 3 aromatic carbocycles. The smallest absolute Gasteiger partial charge is 0.264 e. The van der Waals surface area contributed by atoms with Crippen molar-refractivity contribution in [3.63, 3.8) is 0 Å². The molecule has 0 saturated heterocycles. The third-order valence-corrected chi connectivity index (χ3v) is 8.65. The molecular weight excluding hydrogens is 594 g/mol. The Morgan fingerprint density at radius 1 is 0.950 bits per heavy atom. The predicted molar refractivity (Wildman–Crippen MR) is 161 cm³/mol. The average molecular weight is 631 g/mol. The summed E-state index contributed by atoms with van der Waals surface area (Å²) in [5, 5.41) is 2.90. The minimum atomic E-state index is -4.11. The van der Waals surface area contributed by atoms with Crippen LogP contribution in [0, 0.1) is 6.92 Å². The second-order valence-electron chi connectivity index (χ2n) is 9.76. The molecule has 0 aliphatic carbocycles. The SMILES string of the molecule is CC[C@@H](C(=O)NC(C)C)N(Cc1ccc(OC)cc1)C(=O)CN(c1ccc(Br)cc1)S(=O)(=O)c1ccc(C)cc1. The molecule has 3 rings (SSSR count). The molecule has 0 fully saturated rings. The van der Waals surface area contributed by atoms with Crippen LogP contribution in [0.25, 0.3) is 0 Å². The van der Waals surface area contributed by atoms with Crippen molar-refractivity contribution in [2.24, 2.45) is 0 Å². The van der Waals surface area contributed by atoms with Gasteiger partial charge < -0.3 is 15.0 Å². The molecule has 0 aromatic heterocycles. The van der Waals surface area contributed by atoms with E-state index in [-0.39, 0.29) is 23.4 Å². The van der Waals surface area contributed by atoms with Crippen LogP contribution in [-0.2, 0) is 26.2 Å². The number of aryl methyl sites for hydroxylation is 1. The van der Waals surface area contributed by atoms with Crippen molar-refractivity contribution in [2.45, 2.75) is 57.6 Å². The first-order chi connectivity index (χ1) is 19.0. The molecule has 0 aliphatic heterocycles. The molecule has 0 saturated carbocycles. The number of sulfonamides is 1. The largest absolute Gasteiger partial charge is 0.497 e. The average Bonchev–Trinajstić information content (AvgIpc) is 2.92. The van der Waals surface area contributed by atoms with E-state index < -0.39 is 28.5 Å². The first-order valence-corrected chi connectivity index (χ1v) is 15.3. The van der Waals surface area contributed by atoms with Crippen LogP contribution < -0.4 is 14.4 Å². The van der Waals surface area contributed by atoms with E-state index in [1.165, 1.54) is 17.0 Å². The third kappa shape index (κ3) is 7.85. The number of nitrogens with one attached hydrogen (secondary N) is 1. The molecule has 214 valence electrons. The Labute approximate surface area is 245 Å². The topological polar surface area (TPSA) is 96.0 Å². The fraction of sp³-hybridized carbons (Fsp3) is 0.333. The summed E-state index contributed by atoms with van der Waals surface area (Å²) < 4.78 is 34.9. The zero-order valence-electron chi connectivity index (χ0n) is 23.4. The Bertz CT molecular complexity index is 1390. The highest BCUT2D eigenvalue weighted by molar-refractivity contribution is 9.10. The summed E-state index contributed by atoms with van der Waals surface area (Å²) >= 11 is 3.39. The molecule has 3 aromatic rings. The van der Waals surface area contributed by atoms with Crippen LogP contribution in [0.4, 0.5) is 5.69 Å². The number of methoxy groups -OCH3 is 1. The maximum atomic E-state index is 14.0. The van der Waals surface area contributed by atoms with Crippen LogP contribution in [0.2, 0.25) is 0 Å². The number of anilines is 1. The fourth-order valence-corrected chi connectivity index (χ4v) is 5.88. The van der Waals surface area contributed by atoms with Crippen LogP contribution in [0.15, 0.2) is 82.2 Å².